The molecule has 1 heterocycles. The Morgan fingerprint density at radius 2 is 1.35 bits per heavy atom. The molecule has 3 rings (SSSR count). The first kappa shape index (κ1) is 22.3. The molecule has 2 atom stereocenters. The van der Waals surface area contributed by atoms with Crippen LogP contribution in [0.25, 0.3) is 0 Å². The molecule has 0 N–H and O–H groups in total. The molecular weight excluding hydrogens is 400 g/mol. The Bertz CT molecular complexity index is 979. The van der Waals surface area contributed by atoms with Gasteiger partial charge in [0.1, 0.15) is 0 Å². The van der Waals surface area contributed by atoms with Crippen LogP contribution in [0.1, 0.15) is 36.9 Å². The molecule has 0 aliphatic carbocycles. The normalized spacial score (nSPS) is 17.8. The maximum absolute atomic E-state index is 12.5. The lowest BCUT2D eigenvalue weighted by molar-refractivity contribution is -0.130. The fraction of sp³-hybridized carbons (Fsp3) is 0.391. The summed E-state index contributed by atoms with van der Waals surface area (Å²) in [5, 5.41) is 6.08. The molecule has 1 amide bonds. The van der Waals surface area contributed by atoms with Gasteiger partial charge in [-0.05, 0) is 42.3 Å². The number of nitrogens with zero attached hydrogens (tertiary/aromatic N) is 2. The van der Waals surface area contributed by atoms with E-state index in [2.05, 4.69) is 5.10 Å². The number of hydrogen-bond acceptors (Lipinski definition) is 7. The number of carbonyl (C=O) groups excluding carboxylic acids is 1. The van der Waals surface area contributed by atoms with Crippen molar-refractivity contribution in [3.8, 4) is 28.7 Å². The van der Waals surface area contributed by atoms with Crippen molar-refractivity contribution in [3.63, 3.8) is 0 Å². The number of methoxy groups -OCH3 is 5. The first-order chi connectivity index (χ1) is 14.9. The van der Waals surface area contributed by atoms with Crippen LogP contribution in [0, 0.1) is 0 Å². The third-order valence-corrected chi connectivity index (χ3v) is 5.41. The molecule has 0 unspecified atom stereocenters. The number of hydrazone groups is 1. The SMILES string of the molecule is COc1ccc([C@H]2[C@H](c3cc(OC)c(OC)c(OC)c3)C(C)=NN2C(C)=O)cc1OC. The van der Waals surface area contributed by atoms with E-state index in [4.69, 9.17) is 23.7 Å². The van der Waals surface area contributed by atoms with Crippen LogP contribution in [0.2, 0.25) is 0 Å². The molecule has 31 heavy (non-hydrogen) atoms. The maximum Gasteiger partial charge on any atom is 0.240 e. The Balaban J connectivity index is 2.18. The van der Waals surface area contributed by atoms with Crippen LogP contribution >= 0.6 is 0 Å². The van der Waals surface area contributed by atoms with Gasteiger partial charge in [0.25, 0.3) is 0 Å². The van der Waals surface area contributed by atoms with Gasteiger partial charge in [0.15, 0.2) is 23.0 Å². The number of benzene rings is 2. The number of ether oxygens (including phenoxy) is 5. The Hall–Kier alpha value is -3.42. The van der Waals surface area contributed by atoms with Crippen LogP contribution in [0.15, 0.2) is 35.4 Å². The fourth-order valence-electron chi connectivity index (χ4n) is 4.01. The minimum atomic E-state index is -0.375. The van der Waals surface area contributed by atoms with Gasteiger partial charge in [-0.3, -0.25) is 4.79 Å². The molecule has 0 spiro atoms. The minimum absolute atomic E-state index is 0.158. The summed E-state index contributed by atoms with van der Waals surface area (Å²) in [6, 6.07) is 9.02. The standard InChI is InChI=1S/C23H28N2O6/c1-13-21(16-11-19(29-5)23(31-7)20(12-16)30-6)22(25(24-13)14(2)26)15-8-9-17(27-3)18(10-15)28-4/h8-12,21-22H,1-7H3/t21-,22-/m0/s1. The monoisotopic (exact) mass is 428 g/mol. The largest absolute Gasteiger partial charge is 0.493 e. The van der Waals surface area contributed by atoms with E-state index >= 15 is 0 Å². The topological polar surface area (TPSA) is 78.8 Å². The van der Waals surface area contributed by atoms with Crippen molar-refractivity contribution in [2.24, 2.45) is 5.10 Å². The van der Waals surface area contributed by atoms with Crippen molar-refractivity contribution >= 4 is 11.6 Å². The van der Waals surface area contributed by atoms with Gasteiger partial charge < -0.3 is 23.7 Å². The van der Waals surface area contributed by atoms with Gasteiger partial charge in [0, 0.05) is 12.6 Å². The van der Waals surface area contributed by atoms with E-state index in [-0.39, 0.29) is 17.9 Å². The van der Waals surface area contributed by atoms with Crippen LogP contribution in [-0.4, -0.2) is 52.2 Å². The lowest BCUT2D eigenvalue weighted by atomic mass is 9.84. The molecule has 0 saturated heterocycles. The average Bonchev–Trinajstić information content (AvgIpc) is 3.14. The van der Waals surface area contributed by atoms with Gasteiger partial charge in [-0.15, -0.1) is 0 Å². The zero-order valence-corrected chi connectivity index (χ0v) is 18.9. The Kier molecular flexibility index (Phi) is 6.58. The molecule has 2 aromatic carbocycles. The van der Waals surface area contributed by atoms with E-state index in [9.17, 15) is 4.79 Å². The highest BCUT2D eigenvalue weighted by atomic mass is 16.5. The zero-order chi connectivity index (χ0) is 22.7. The predicted octanol–water partition coefficient (Wildman–Crippen LogP) is 3.79. The summed E-state index contributed by atoms with van der Waals surface area (Å²) >= 11 is 0. The third kappa shape index (κ3) is 3.97. The van der Waals surface area contributed by atoms with E-state index in [1.165, 1.54) is 11.9 Å². The highest BCUT2D eigenvalue weighted by Gasteiger charge is 2.40. The number of amides is 1. The first-order valence-electron chi connectivity index (χ1n) is 9.76. The fourth-order valence-corrected chi connectivity index (χ4v) is 4.01. The summed E-state index contributed by atoms with van der Waals surface area (Å²) < 4.78 is 27.4. The van der Waals surface area contributed by atoms with Gasteiger partial charge in [0.2, 0.25) is 11.7 Å². The van der Waals surface area contributed by atoms with Crippen molar-refractivity contribution in [1.82, 2.24) is 5.01 Å². The van der Waals surface area contributed by atoms with Gasteiger partial charge in [0.05, 0.1) is 47.5 Å². The van der Waals surface area contributed by atoms with Crippen LogP contribution in [0.5, 0.6) is 28.7 Å². The summed E-state index contributed by atoms with van der Waals surface area (Å²) in [6.07, 6.45) is 0. The van der Waals surface area contributed by atoms with E-state index in [0.29, 0.717) is 28.7 Å². The summed E-state index contributed by atoms with van der Waals surface area (Å²) in [6.45, 7) is 3.41. The molecule has 0 bridgehead atoms. The molecule has 0 fully saturated rings. The zero-order valence-electron chi connectivity index (χ0n) is 18.9. The summed E-state index contributed by atoms with van der Waals surface area (Å²) in [4.78, 5) is 12.5. The third-order valence-electron chi connectivity index (χ3n) is 5.41. The van der Waals surface area contributed by atoms with E-state index in [0.717, 1.165) is 16.8 Å². The highest BCUT2D eigenvalue weighted by molar-refractivity contribution is 5.94. The van der Waals surface area contributed by atoms with Gasteiger partial charge >= 0.3 is 0 Å². The van der Waals surface area contributed by atoms with Crippen molar-refractivity contribution in [2.45, 2.75) is 25.8 Å². The summed E-state index contributed by atoms with van der Waals surface area (Å²) in [7, 11) is 7.87. The number of rotatable bonds is 7. The first-order valence-corrected chi connectivity index (χ1v) is 9.76. The van der Waals surface area contributed by atoms with Crippen LogP contribution in [0.4, 0.5) is 0 Å². The van der Waals surface area contributed by atoms with Crippen molar-refractivity contribution in [3.05, 3.63) is 41.5 Å². The van der Waals surface area contributed by atoms with Crippen molar-refractivity contribution < 1.29 is 28.5 Å². The molecular formula is C23H28N2O6. The summed E-state index contributed by atoms with van der Waals surface area (Å²) in [5.41, 5.74) is 2.55. The minimum Gasteiger partial charge on any atom is -0.493 e. The molecule has 1 aliphatic rings. The van der Waals surface area contributed by atoms with E-state index < -0.39 is 0 Å². The molecule has 2 aromatic rings. The summed E-state index contributed by atoms with van der Waals surface area (Å²) in [5.74, 6) is 2.39. The highest BCUT2D eigenvalue weighted by Crippen LogP contribution is 2.48. The van der Waals surface area contributed by atoms with Crippen molar-refractivity contribution in [1.29, 1.82) is 0 Å². The van der Waals surface area contributed by atoms with Gasteiger partial charge in [-0.2, -0.15) is 5.10 Å². The second-order valence-electron chi connectivity index (χ2n) is 7.10. The van der Waals surface area contributed by atoms with Crippen molar-refractivity contribution in [2.75, 3.05) is 35.5 Å². The lowest BCUT2D eigenvalue weighted by Crippen LogP contribution is -2.28. The molecule has 1 aliphatic heterocycles. The molecule has 0 saturated carbocycles. The van der Waals surface area contributed by atoms with Crippen LogP contribution in [0.3, 0.4) is 0 Å². The molecule has 8 heteroatoms. The Morgan fingerprint density at radius 1 is 0.806 bits per heavy atom. The lowest BCUT2D eigenvalue weighted by Gasteiger charge is -2.28. The smallest absolute Gasteiger partial charge is 0.240 e. The average molecular weight is 428 g/mol. The second kappa shape index (κ2) is 9.16. The quantitative estimate of drug-likeness (QED) is 0.668. The maximum atomic E-state index is 12.5. The van der Waals surface area contributed by atoms with Gasteiger partial charge in [-0.1, -0.05) is 6.07 Å². The van der Waals surface area contributed by atoms with Gasteiger partial charge in [-0.25, -0.2) is 5.01 Å². The molecule has 166 valence electrons. The predicted molar refractivity (Wildman–Crippen MR) is 117 cm³/mol. The molecule has 8 nitrogen and oxygen atoms in total. The number of hydrogen-bond donors (Lipinski definition) is 0. The molecule has 0 radical (unpaired) electrons. The Labute approximate surface area is 182 Å². The number of carbonyl (C=O) groups is 1. The Morgan fingerprint density at radius 3 is 1.84 bits per heavy atom. The van der Waals surface area contributed by atoms with E-state index in [1.54, 1.807) is 35.5 Å². The van der Waals surface area contributed by atoms with Crippen LogP contribution < -0.4 is 23.7 Å². The van der Waals surface area contributed by atoms with E-state index in [1.807, 2.05) is 37.3 Å². The molecule has 0 aromatic heterocycles. The van der Waals surface area contributed by atoms with Crippen LogP contribution in [-0.2, 0) is 4.79 Å². The second-order valence-corrected chi connectivity index (χ2v) is 7.10.